The zero-order valence-corrected chi connectivity index (χ0v) is 14.6. The first-order chi connectivity index (χ1) is 11.7. The quantitative estimate of drug-likeness (QED) is 0.343. The van der Waals surface area contributed by atoms with Gasteiger partial charge in [0.05, 0.1) is 12.1 Å². The topological polar surface area (TPSA) is 38.7 Å². The molecule has 1 aliphatic carbocycles. The van der Waals surface area contributed by atoms with Crippen molar-refractivity contribution in [2.75, 3.05) is 0 Å². The van der Waals surface area contributed by atoms with Gasteiger partial charge in [0.2, 0.25) is 0 Å². The fraction of sp³-hybridized carbons (Fsp3) is 0.600. The lowest BCUT2D eigenvalue weighted by atomic mass is 9.98. The van der Waals surface area contributed by atoms with Crippen molar-refractivity contribution in [2.24, 2.45) is 11.1 Å². The number of oxime groups is 1. The summed E-state index contributed by atoms with van der Waals surface area (Å²) >= 11 is 0. The van der Waals surface area contributed by atoms with Gasteiger partial charge in [-0.3, -0.25) is 0 Å². The Morgan fingerprint density at radius 1 is 1.25 bits per heavy atom. The van der Waals surface area contributed by atoms with Crippen LogP contribution in [0.1, 0.15) is 70.3 Å². The number of unbranched alkanes of at least 4 members (excludes halogenated alkanes) is 4. The molecule has 1 fully saturated rings. The Labute approximate surface area is 144 Å². The lowest BCUT2D eigenvalue weighted by Crippen LogP contribution is -2.11. The van der Waals surface area contributed by atoms with Crippen LogP contribution in [0.15, 0.2) is 29.4 Å². The molecule has 0 radical (unpaired) electrons. The molecule has 1 saturated carbocycles. The van der Waals surface area contributed by atoms with Crippen LogP contribution in [0.2, 0.25) is 0 Å². The highest BCUT2D eigenvalue weighted by Crippen LogP contribution is 2.28. The van der Waals surface area contributed by atoms with Gasteiger partial charge in [-0.25, -0.2) is 9.18 Å². The van der Waals surface area contributed by atoms with Gasteiger partial charge in [0.15, 0.2) is 0 Å². The predicted molar refractivity (Wildman–Crippen MR) is 94.3 cm³/mol. The number of hydrogen-bond donors (Lipinski definition) is 0. The third-order valence-corrected chi connectivity index (χ3v) is 4.67. The van der Waals surface area contributed by atoms with Gasteiger partial charge in [-0.05, 0) is 37.3 Å². The standard InChI is InChI=1S/C20H28FNO2/c1-2-3-4-5-6-10-16-12-9-14-19(16)22-24-20(23)15-17-11-7-8-13-18(17)21/h7-8,11,13,16H,2-6,9-10,12,14-15H2,1H3/b22-19-. The minimum atomic E-state index is -0.499. The van der Waals surface area contributed by atoms with Crippen LogP contribution in [0.25, 0.3) is 0 Å². The molecule has 0 N–H and O–H groups in total. The zero-order valence-electron chi connectivity index (χ0n) is 14.6. The van der Waals surface area contributed by atoms with Gasteiger partial charge in [0.25, 0.3) is 0 Å². The van der Waals surface area contributed by atoms with Crippen molar-refractivity contribution in [3.8, 4) is 0 Å². The highest BCUT2D eigenvalue weighted by Gasteiger charge is 2.23. The van der Waals surface area contributed by atoms with Gasteiger partial charge < -0.3 is 4.84 Å². The number of carbonyl (C=O) groups excluding carboxylic acids is 1. The highest BCUT2D eigenvalue weighted by molar-refractivity contribution is 5.88. The molecule has 0 saturated heterocycles. The molecule has 1 atom stereocenters. The maximum absolute atomic E-state index is 13.5. The Morgan fingerprint density at radius 2 is 2.04 bits per heavy atom. The summed E-state index contributed by atoms with van der Waals surface area (Å²) < 4.78 is 13.5. The van der Waals surface area contributed by atoms with Crippen LogP contribution in [0.4, 0.5) is 4.39 Å². The van der Waals surface area contributed by atoms with Gasteiger partial charge in [-0.2, -0.15) is 0 Å². The molecule has 0 amide bonds. The third-order valence-electron chi connectivity index (χ3n) is 4.67. The van der Waals surface area contributed by atoms with Crippen molar-refractivity contribution >= 4 is 11.7 Å². The molecule has 0 aromatic heterocycles. The second-order valence-electron chi connectivity index (χ2n) is 6.61. The van der Waals surface area contributed by atoms with E-state index in [0.29, 0.717) is 11.5 Å². The molecule has 24 heavy (non-hydrogen) atoms. The minimum Gasteiger partial charge on any atom is -0.318 e. The second-order valence-corrected chi connectivity index (χ2v) is 6.61. The smallest absolute Gasteiger partial charge is 0.318 e. The lowest BCUT2D eigenvalue weighted by Gasteiger charge is -2.10. The number of hydrogen-bond acceptors (Lipinski definition) is 3. The van der Waals surface area contributed by atoms with E-state index >= 15 is 0 Å². The number of benzene rings is 1. The Balaban J connectivity index is 1.77. The summed E-state index contributed by atoms with van der Waals surface area (Å²) in [6.07, 6.45) is 10.6. The second kappa shape index (κ2) is 10.2. The Morgan fingerprint density at radius 3 is 2.83 bits per heavy atom. The van der Waals surface area contributed by atoms with Gasteiger partial charge in [-0.15, -0.1) is 0 Å². The molecule has 2 rings (SSSR count). The van der Waals surface area contributed by atoms with Crippen molar-refractivity contribution in [1.29, 1.82) is 0 Å². The van der Waals surface area contributed by atoms with Crippen LogP contribution in [0.5, 0.6) is 0 Å². The predicted octanol–water partition coefficient (Wildman–Crippen LogP) is 5.43. The molecule has 1 aromatic carbocycles. The number of rotatable bonds is 9. The normalized spacial score (nSPS) is 18.9. The van der Waals surface area contributed by atoms with E-state index in [1.807, 2.05) is 0 Å². The summed E-state index contributed by atoms with van der Waals surface area (Å²) in [7, 11) is 0. The summed E-state index contributed by atoms with van der Waals surface area (Å²) in [6.45, 7) is 2.22. The van der Waals surface area contributed by atoms with E-state index in [4.69, 9.17) is 4.84 Å². The molecule has 1 aliphatic rings. The molecular formula is C20H28FNO2. The summed E-state index contributed by atoms with van der Waals surface area (Å²) in [5.74, 6) is -0.429. The first-order valence-electron chi connectivity index (χ1n) is 9.20. The molecule has 3 nitrogen and oxygen atoms in total. The molecule has 1 aromatic rings. The van der Waals surface area contributed by atoms with Crippen molar-refractivity contribution in [1.82, 2.24) is 0 Å². The van der Waals surface area contributed by atoms with E-state index in [9.17, 15) is 9.18 Å². The maximum atomic E-state index is 13.5. The van der Waals surface area contributed by atoms with E-state index in [1.165, 1.54) is 38.2 Å². The molecule has 1 unspecified atom stereocenters. The van der Waals surface area contributed by atoms with Gasteiger partial charge in [0.1, 0.15) is 5.82 Å². The summed E-state index contributed by atoms with van der Waals surface area (Å²) in [4.78, 5) is 16.9. The van der Waals surface area contributed by atoms with Crippen molar-refractivity contribution < 1.29 is 14.0 Å². The first-order valence-corrected chi connectivity index (χ1v) is 9.20. The first kappa shape index (κ1) is 18.6. The average molecular weight is 333 g/mol. The summed E-state index contributed by atoms with van der Waals surface area (Å²) in [5.41, 5.74) is 1.36. The molecule has 0 heterocycles. The Bertz CT molecular complexity index is 556. The molecule has 4 heteroatoms. The minimum absolute atomic E-state index is 0.0782. The van der Waals surface area contributed by atoms with Crippen molar-refractivity contribution in [2.45, 2.75) is 71.1 Å². The number of halogens is 1. The number of nitrogens with zero attached hydrogens (tertiary/aromatic N) is 1. The Hall–Kier alpha value is -1.71. The van der Waals surface area contributed by atoms with E-state index in [0.717, 1.165) is 31.4 Å². The van der Waals surface area contributed by atoms with Crippen LogP contribution in [0, 0.1) is 11.7 Å². The van der Waals surface area contributed by atoms with Crippen molar-refractivity contribution in [3.05, 3.63) is 35.6 Å². The zero-order chi connectivity index (χ0) is 17.2. The van der Waals surface area contributed by atoms with Crippen LogP contribution in [0.3, 0.4) is 0 Å². The van der Waals surface area contributed by atoms with E-state index < -0.39 is 5.97 Å². The van der Waals surface area contributed by atoms with Crippen LogP contribution in [-0.2, 0) is 16.1 Å². The van der Waals surface area contributed by atoms with E-state index in [2.05, 4.69) is 12.1 Å². The average Bonchev–Trinajstić information content (AvgIpc) is 3.02. The van der Waals surface area contributed by atoms with E-state index in [1.54, 1.807) is 18.2 Å². The molecule has 0 aliphatic heterocycles. The fourth-order valence-electron chi connectivity index (χ4n) is 3.26. The molecule has 0 spiro atoms. The SMILES string of the molecule is CCCCCCCC1CCC/C1=N/OC(=O)Cc1ccccc1F. The van der Waals surface area contributed by atoms with Crippen LogP contribution >= 0.6 is 0 Å². The summed E-state index contributed by atoms with van der Waals surface area (Å²) in [5, 5.41) is 4.09. The molecule has 132 valence electrons. The largest absolute Gasteiger partial charge is 0.339 e. The molecule has 0 bridgehead atoms. The third kappa shape index (κ3) is 6.06. The number of carbonyl (C=O) groups is 1. The fourth-order valence-corrected chi connectivity index (χ4v) is 3.26. The van der Waals surface area contributed by atoms with Gasteiger partial charge in [0, 0.05) is 5.92 Å². The van der Waals surface area contributed by atoms with Crippen LogP contribution in [-0.4, -0.2) is 11.7 Å². The monoisotopic (exact) mass is 333 g/mol. The maximum Gasteiger partial charge on any atom is 0.339 e. The van der Waals surface area contributed by atoms with Gasteiger partial charge >= 0.3 is 5.97 Å². The van der Waals surface area contributed by atoms with Gasteiger partial charge in [-0.1, -0.05) is 62.4 Å². The summed E-state index contributed by atoms with van der Waals surface area (Å²) in [6, 6.07) is 6.26. The lowest BCUT2D eigenvalue weighted by molar-refractivity contribution is -0.142. The molecular weight excluding hydrogens is 305 g/mol. The highest BCUT2D eigenvalue weighted by atomic mass is 19.1. The van der Waals surface area contributed by atoms with E-state index in [-0.39, 0.29) is 12.2 Å². The Kier molecular flexibility index (Phi) is 7.93. The van der Waals surface area contributed by atoms with Crippen LogP contribution < -0.4 is 0 Å². The van der Waals surface area contributed by atoms with Crippen molar-refractivity contribution in [3.63, 3.8) is 0 Å².